The minimum Gasteiger partial charge on any atom is -0.455 e. The van der Waals surface area contributed by atoms with Crippen molar-refractivity contribution in [3.63, 3.8) is 0 Å². The second-order valence-electron chi connectivity index (χ2n) is 4.85. The fourth-order valence-corrected chi connectivity index (χ4v) is 2.37. The Morgan fingerprint density at radius 3 is 2.90 bits per heavy atom. The van der Waals surface area contributed by atoms with Gasteiger partial charge in [0, 0.05) is 29.7 Å². The molecule has 1 aromatic carbocycles. The van der Waals surface area contributed by atoms with E-state index < -0.39 is 0 Å². The molecule has 0 saturated carbocycles. The summed E-state index contributed by atoms with van der Waals surface area (Å²) in [6.07, 6.45) is 1.83. The van der Waals surface area contributed by atoms with Crippen molar-refractivity contribution in [1.29, 1.82) is 0 Å². The summed E-state index contributed by atoms with van der Waals surface area (Å²) < 4.78 is 12.3. The number of fused-ring (bicyclic) bond motifs is 1. The minimum absolute atomic E-state index is 0.113. The van der Waals surface area contributed by atoms with Gasteiger partial charge in [-0.2, -0.15) is 0 Å². The van der Waals surface area contributed by atoms with Crippen molar-refractivity contribution in [2.45, 2.75) is 27.0 Å². The number of hydrogen-bond donors (Lipinski definition) is 0. The summed E-state index contributed by atoms with van der Waals surface area (Å²) in [5.74, 6) is 0.350. The van der Waals surface area contributed by atoms with Crippen molar-refractivity contribution in [3.8, 4) is 0 Å². The Balaban J connectivity index is 1.84. The molecule has 0 saturated heterocycles. The van der Waals surface area contributed by atoms with E-state index in [4.69, 9.17) is 9.26 Å². The van der Waals surface area contributed by atoms with Crippen LogP contribution in [0.5, 0.6) is 0 Å². The highest BCUT2D eigenvalue weighted by molar-refractivity contribution is 6.04. The van der Waals surface area contributed by atoms with Crippen LogP contribution in [0.15, 0.2) is 41.1 Å². The molecule has 0 N–H and O–H groups in total. The zero-order valence-corrected chi connectivity index (χ0v) is 12.0. The molecule has 0 aliphatic carbocycles. The maximum atomic E-state index is 12.3. The van der Waals surface area contributed by atoms with E-state index in [0.717, 1.165) is 17.4 Å². The van der Waals surface area contributed by atoms with Crippen molar-refractivity contribution < 1.29 is 14.1 Å². The average molecular weight is 284 g/mol. The number of carbonyl (C=O) groups is 1. The van der Waals surface area contributed by atoms with Gasteiger partial charge in [-0.15, -0.1) is 0 Å². The van der Waals surface area contributed by atoms with E-state index in [1.54, 1.807) is 13.0 Å². The van der Waals surface area contributed by atoms with Crippen LogP contribution < -0.4 is 0 Å². The van der Waals surface area contributed by atoms with E-state index in [1.165, 1.54) is 0 Å². The van der Waals surface area contributed by atoms with Crippen LogP contribution in [0.2, 0.25) is 0 Å². The first-order valence-corrected chi connectivity index (χ1v) is 6.86. The van der Waals surface area contributed by atoms with E-state index in [1.807, 2.05) is 42.0 Å². The lowest BCUT2D eigenvalue weighted by molar-refractivity contribution is 0.0466. The van der Waals surface area contributed by atoms with E-state index >= 15 is 0 Å². The van der Waals surface area contributed by atoms with Gasteiger partial charge in [-0.25, -0.2) is 4.79 Å². The molecule has 108 valence electrons. The van der Waals surface area contributed by atoms with Crippen molar-refractivity contribution >= 4 is 16.9 Å². The number of esters is 1. The van der Waals surface area contributed by atoms with Crippen LogP contribution >= 0.6 is 0 Å². The monoisotopic (exact) mass is 284 g/mol. The summed E-state index contributed by atoms with van der Waals surface area (Å²) in [5, 5.41) is 4.71. The van der Waals surface area contributed by atoms with Crippen LogP contribution in [0, 0.1) is 6.92 Å². The smallest absolute Gasteiger partial charge is 0.340 e. The van der Waals surface area contributed by atoms with E-state index in [-0.39, 0.29) is 12.6 Å². The Morgan fingerprint density at radius 2 is 2.19 bits per heavy atom. The van der Waals surface area contributed by atoms with Gasteiger partial charge in [0.05, 0.1) is 5.56 Å². The highest BCUT2D eigenvalue weighted by Crippen LogP contribution is 2.22. The zero-order chi connectivity index (χ0) is 14.8. The lowest BCUT2D eigenvalue weighted by Gasteiger charge is -2.00. The molecule has 3 aromatic rings. The molecule has 0 aliphatic rings. The van der Waals surface area contributed by atoms with Gasteiger partial charge in [0.1, 0.15) is 18.1 Å². The molecule has 0 bridgehead atoms. The Hall–Kier alpha value is -2.56. The number of carbonyl (C=O) groups excluding carboxylic acids is 1. The van der Waals surface area contributed by atoms with Crippen LogP contribution in [0.25, 0.3) is 10.9 Å². The molecule has 5 nitrogen and oxygen atoms in total. The third kappa shape index (κ3) is 2.54. The molecule has 3 rings (SSSR count). The van der Waals surface area contributed by atoms with E-state index in [2.05, 4.69) is 5.16 Å². The van der Waals surface area contributed by atoms with E-state index in [9.17, 15) is 4.79 Å². The van der Waals surface area contributed by atoms with Crippen molar-refractivity contribution in [2.75, 3.05) is 0 Å². The topological polar surface area (TPSA) is 57.3 Å². The molecule has 0 amide bonds. The first-order chi connectivity index (χ1) is 10.2. The first kappa shape index (κ1) is 13.4. The summed E-state index contributed by atoms with van der Waals surface area (Å²) in [7, 11) is 0. The largest absolute Gasteiger partial charge is 0.455 e. The van der Waals surface area contributed by atoms with Gasteiger partial charge in [0.2, 0.25) is 0 Å². The predicted molar refractivity (Wildman–Crippen MR) is 78.0 cm³/mol. The third-order valence-corrected chi connectivity index (χ3v) is 3.38. The summed E-state index contributed by atoms with van der Waals surface area (Å²) in [6.45, 7) is 4.75. The van der Waals surface area contributed by atoms with Crippen LogP contribution in [0.1, 0.15) is 28.7 Å². The molecule has 0 spiro atoms. The maximum Gasteiger partial charge on any atom is 0.340 e. The molecule has 2 aromatic heterocycles. The molecule has 2 heterocycles. The van der Waals surface area contributed by atoms with Gasteiger partial charge in [-0.3, -0.25) is 0 Å². The molecular weight excluding hydrogens is 268 g/mol. The standard InChI is InChI=1S/C16H16N2O3/c1-3-18-9-14(13-6-4-5-7-15(13)18)16(19)20-10-12-8-11(2)21-17-12/h4-9H,3,10H2,1-2H3. The highest BCUT2D eigenvalue weighted by Gasteiger charge is 2.16. The van der Waals surface area contributed by atoms with Crippen LogP contribution in [-0.2, 0) is 17.9 Å². The first-order valence-electron chi connectivity index (χ1n) is 6.86. The fraction of sp³-hybridized carbons (Fsp3) is 0.250. The number of ether oxygens (including phenoxy) is 1. The predicted octanol–water partition coefficient (Wildman–Crippen LogP) is 3.31. The number of nitrogens with zero attached hydrogens (tertiary/aromatic N) is 2. The van der Waals surface area contributed by atoms with Gasteiger partial charge in [-0.05, 0) is 19.9 Å². The second kappa shape index (κ2) is 5.44. The fourth-order valence-electron chi connectivity index (χ4n) is 2.37. The Bertz CT molecular complexity index is 786. The number of para-hydroxylation sites is 1. The Labute approximate surface area is 122 Å². The van der Waals surface area contributed by atoms with Crippen LogP contribution in [0.4, 0.5) is 0 Å². The normalized spacial score (nSPS) is 11.0. The van der Waals surface area contributed by atoms with Crippen LogP contribution in [-0.4, -0.2) is 15.7 Å². The molecule has 0 radical (unpaired) electrons. The molecule has 0 fully saturated rings. The molecule has 0 aliphatic heterocycles. The quantitative estimate of drug-likeness (QED) is 0.690. The van der Waals surface area contributed by atoms with Gasteiger partial charge < -0.3 is 13.8 Å². The molecular formula is C16H16N2O3. The number of aryl methyl sites for hydroxylation is 2. The Kier molecular flexibility index (Phi) is 3.48. The maximum absolute atomic E-state index is 12.3. The number of aromatic nitrogens is 2. The average Bonchev–Trinajstić information content (AvgIpc) is 3.08. The number of hydrogen-bond acceptors (Lipinski definition) is 4. The summed E-state index contributed by atoms with van der Waals surface area (Å²) in [5.41, 5.74) is 2.22. The van der Waals surface area contributed by atoms with Crippen molar-refractivity contribution in [1.82, 2.24) is 9.72 Å². The number of benzene rings is 1. The SMILES string of the molecule is CCn1cc(C(=O)OCc2cc(C)on2)c2ccccc21. The van der Waals surface area contributed by atoms with Gasteiger partial charge in [0.25, 0.3) is 0 Å². The summed E-state index contributed by atoms with van der Waals surface area (Å²) in [4.78, 5) is 12.3. The van der Waals surface area contributed by atoms with Crippen molar-refractivity contribution in [2.24, 2.45) is 0 Å². The van der Waals surface area contributed by atoms with Gasteiger partial charge in [-0.1, -0.05) is 23.4 Å². The molecule has 0 unspecified atom stereocenters. The second-order valence-corrected chi connectivity index (χ2v) is 4.85. The molecule has 5 heteroatoms. The lowest BCUT2D eigenvalue weighted by Crippen LogP contribution is -2.05. The van der Waals surface area contributed by atoms with Crippen LogP contribution in [0.3, 0.4) is 0 Å². The summed E-state index contributed by atoms with van der Waals surface area (Å²) >= 11 is 0. The molecule has 0 atom stereocenters. The number of rotatable bonds is 4. The minimum atomic E-state index is -0.348. The van der Waals surface area contributed by atoms with Crippen molar-refractivity contribution in [3.05, 3.63) is 53.5 Å². The zero-order valence-electron chi connectivity index (χ0n) is 12.0. The highest BCUT2D eigenvalue weighted by atomic mass is 16.5. The summed E-state index contributed by atoms with van der Waals surface area (Å²) in [6, 6.07) is 9.55. The van der Waals surface area contributed by atoms with Gasteiger partial charge >= 0.3 is 5.97 Å². The third-order valence-electron chi connectivity index (χ3n) is 3.38. The van der Waals surface area contributed by atoms with Gasteiger partial charge in [0.15, 0.2) is 0 Å². The van der Waals surface area contributed by atoms with E-state index in [0.29, 0.717) is 17.0 Å². The Morgan fingerprint density at radius 1 is 1.38 bits per heavy atom. The molecule has 21 heavy (non-hydrogen) atoms. The lowest BCUT2D eigenvalue weighted by atomic mass is 10.2.